The first kappa shape index (κ1) is 12.9. The minimum absolute atomic E-state index is 0.302. The van der Waals surface area contributed by atoms with Crippen molar-refractivity contribution < 1.29 is 14.3 Å². The number of nitriles is 1. The Morgan fingerprint density at radius 2 is 2.00 bits per heavy atom. The van der Waals surface area contributed by atoms with E-state index >= 15 is 0 Å². The molecule has 1 aromatic carbocycles. The summed E-state index contributed by atoms with van der Waals surface area (Å²) in [6, 6.07) is 10.1. The summed E-state index contributed by atoms with van der Waals surface area (Å²) in [5.41, 5.74) is 0.887. The highest BCUT2D eigenvalue weighted by molar-refractivity contribution is 6.04. The van der Waals surface area contributed by atoms with Gasteiger partial charge in [-0.3, -0.25) is 4.79 Å². The molecule has 2 heterocycles. The van der Waals surface area contributed by atoms with Crippen molar-refractivity contribution in [3.8, 4) is 17.6 Å². The van der Waals surface area contributed by atoms with Crippen LogP contribution in [0.15, 0.2) is 36.5 Å². The molecule has 3 rings (SSSR count). The molecule has 0 spiro atoms. The zero-order valence-electron chi connectivity index (χ0n) is 11.0. The van der Waals surface area contributed by atoms with Gasteiger partial charge in [0.2, 0.25) is 0 Å². The molecule has 0 bridgehead atoms. The molecule has 0 unspecified atom stereocenters. The fraction of sp³-hybridized carbons (Fsp3) is 0.133. The second-order valence-corrected chi connectivity index (χ2v) is 4.36. The van der Waals surface area contributed by atoms with Gasteiger partial charge in [0.15, 0.2) is 11.5 Å². The predicted octanol–water partition coefficient (Wildman–Crippen LogP) is 1.98. The van der Waals surface area contributed by atoms with Gasteiger partial charge in [-0.1, -0.05) is 0 Å². The standard InChI is InChI=1S/C15H11N3O3/c16-8-10-1-4-14(17-9-10)18-15(19)11-2-3-12-13(7-11)21-6-5-20-12/h1-4,7,9H,5-6H2,(H,17,18,19). The molecule has 0 saturated heterocycles. The predicted molar refractivity (Wildman–Crippen MR) is 74.3 cm³/mol. The number of rotatable bonds is 2. The summed E-state index contributed by atoms with van der Waals surface area (Å²) >= 11 is 0. The van der Waals surface area contributed by atoms with E-state index in [1.807, 2.05) is 6.07 Å². The highest BCUT2D eigenvalue weighted by Crippen LogP contribution is 2.30. The summed E-state index contributed by atoms with van der Waals surface area (Å²) in [6.45, 7) is 0.975. The number of anilines is 1. The summed E-state index contributed by atoms with van der Waals surface area (Å²) < 4.78 is 10.8. The molecular weight excluding hydrogens is 270 g/mol. The van der Waals surface area contributed by atoms with E-state index in [1.165, 1.54) is 6.20 Å². The lowest BCUT2D eigenvalue weighted by molar-refractivity contribution is 0.102. The van der Waals surface area contributed by atoms with E-state index in [2.05, 4.69) is 10.3 Å². The molecule has 0 saturated carbocycles. The lowest BCUT2D eigenvalue weighted by Gasteiger charge is -2.18. The first-order chi connectivity index (χ1) is 10.3. The van der Waals surface area contributed by atoms with Gasteiger partial charge in [0, 0.05) is 11.8 Å². The van der Waals surface area contributed by atoms with Crippen LogP contribution < -0.4 is 14.8 Å². The van der Waals surface area contributed by atoms with Crippen LogP contribution in [-0.2, 0) is 0 Å². The SMILES string of the molecule is N#Cc1ccc(NC(=O)c2ccc3c(c2)OCCO3)nc1. The minimum atomic E-state index is -0.302. The molecule has 0 aliphatic carbocycles. The quantitative estimate of drug-likeness (QED) is 0.909. The molecule has 6 nitrogen and oxygen atoms in total. The first-order valence-corrected chi connectivity index (χ1v) is 6.33. The Morgan fingerprint density at radius 1 is 1.19 bits per heavy atom. The normalized spacial score (nSPS) is 12.3. The third kappa shape index (κ3) is 2.77. The van der Waals surface area contributed by atoms with E-state index in [1.54, 1.807) is 30.3 Å². The molecule has 0 atom stereocenters. The van der Waals surface area contributed by atoms with E-state index in [4.69, 9.17) is 14.7 Å². The Kier molecular flexibility index (Phi) is 3.39. The number of nitrogens with zero attached hydrogens (tertiary/aromatic N) is 2. The zero-order valence-corrected chi connectivity index (χ0v) is 11.0. The number of carbonyl (C=O) groups excluding carboxylic acids is 1. The van der Waals surface area contributed by atoms with Crippen molar-refractivity contribution in [2.75, 3.05) is 18.5 Å². The third-order valence-electron chi connectivity index (χ3n) is 2.94. The molecule has 0 radical (unpaired) electrons. The molecule has 1 aliphatic heterocycles. The number of hydrogen-bond donors (Lipinski definition) is 1. The lowest BCUT2D eigenvalue weighted by atomic mass is 10.2. The number of hydrogen-bond acceptors (Lipinski definition) is 5. The molecule has 1 aliphatic rings. The molecule has 104 valence electrons. The maximum absolute atomic E-state index is 12.1. The Labute approximate surface area is 120 Å². The Balaban J connectivity index is 1.77. The van der Waals surface area contributed by atoms with Crippen LogP contribution >= 0.6 is 0 Å². The smallest absolute Gasteiger partial charge is 0.256 e. The van der Waals surface area contributed by atoms with Crippen LogP contribution in [0.2, 0.25) is 0 Å². The molecular formula is C15H11N3O3. The van der Waals surface area contributed by atoms with Gasteiger partial charge in [-0.15, -0.1) is 0 Å². The van der Waals surface area contributed by atoms with Gasteiger partial charge in [0.1, 0.15) is 25.1 Å². The molecule has 1 aromatic heterocycles. The number of nitrogens with one attached hydrogen (secondary N) is 1. The van der Waals surface area contributed by atoms with Gasteiger partial charge in [-0.05, 0) is 30.3 Å². The summed E-state index contributed by atoms with van der Waals surface area (Å²) in [6.07, 6.45) is 1.40. The van der Waals surface area contributed by atoms with Crippen LogP contribution in [0.4, 0.5) is 5.82 Å². The summed E-state index contributed by atoms with van der Waals surface area (Å²) in [5.74, 6) is 1.27. The summed E-state index contributed by atoms with van der Waals surface area (Å²) in [5, 5.41) is 11.4. The average molecular weight is 281 g/mol. The molecule has 0 fully saturated rings. The Hall–Kier alpha value is -3.07. The van der Waals surface area contributed by atoms with Gasteiger partial charge in [0.05, 0.1) is 5.56 Å². The fourth-order valence-corrected chi connectivity index (χ4v) is 1.91. The maximum Gasteiger partial charge on any atom is 0.256 e. The van der Waals surface area contributed by atoms with Crippen molar-refractivity contribution in [3.05, 3.63) is 47.7 Å². The van der Waals surface area contributed by atoms with Crippen LogP contribution in [0.5, 0.6) is 11.5 Å². The van der Waals surface area contributed by atoms with Crippen LogP contribution in [0, 0.1) is 11.3 Å². The number of ether oxygens (including phenoxy) is 2. The fourth-order valence-electron chi connectivity index (χ4n) is 1.91. The Bertz CT molecular complexity index is 720. The number of amides is 1. The number of benzene rings is 1. The van der Waals surface area contributed by atoms with Crippen LogP contribution in [0.1, 0.15) is 15.9 Å². The summed E-state index contributed by atoms with van der Waals surface area (Å²) in [4.78, 5) is 16.1. The van der Waals surface area contributed by atoms with E-state index in [-0.39, 0.29) is 5.91 Å². The van der Waals surface area contributed by atoms with Crippen molar-refractivity contribution in [3.63, 3.8) is 0 Å². The van der Waals surface area contributed by atoms with Crippen molar-refractivity contribution >= 4 is 11.7 Å². The largest absolute Gasteiger partial charge is 0.486 e. The Morgan fingerprint density at radius 3 is 2.71 bits per heavy atom. The molecule has 6 heteroatoms. The topological polar surface area (TPSA) is 84.2 Å². The molecule has 1 amide bonds. The number of aromatic nitrogens is 1. The molecule has 1 N–H and O–H groups in total. The number of carbonyl (C=O) groups is 1. The van der Waals surface area contributed by atoms with E-state index < -0.39 is 0 Å². The van der Waals surface area contributed by atoms with Gasteiger partial charge in [0.25, 0.3) is 5.91 Å². The van der Waals surface area contributed by atoms with Gasteiger partial charge >= 0.3 is 0 Å². The lowest BCUT2D eigenvalue weighted by Crippen LogP contribution is -2.17. The van der Waals surface area contributed by atoms with E-state index in [0.717, 1.165) is 0 Å². The van der Waals surface area contributed by atoms with Crippen LogP contribution in [-0.4, -0.2) is 24.1 Å². The highest BCUT2D eigenvalue weighted by Gasteiger charge is 2.15. The van der Waals surface area contributed by atoms with Crippen molar-refractivity contribution in [1.82, 2.24) is 4.98 Å². The second kappa shape index (κ2) is 5.51. The minimum Gasteiger partial charge on any atom is -0.486 e. The third-order valence-corrected chi connectivity index (χ3v) is 2.94. The molecule has 21 heavy (non-hydrogen) atoms. The van der Waals surface area contributed by atoms with E-state index in [0.29, 0.717) is 41.7 Å². The van der Waals surface area contributed by atoms with Gasteiger partial charge in [-0.25, -0.2) is 4.98 Å². The first-order valence-electron chi connectivity index (χ1n) is 6.33. The highest BCUT2D eigenvalue weighted by atomic mass is 16.6. The summed E-state index contributed by atoms with van der Waals surface area (Å²) in [7, 11) is 0. The van der Waals surface area contributed by atoms with E-state index in [9.17, 15) is 4.79 Å². The number of pyridine rings is 1. The van der Waals surface area contributed by atoms with Crippen LogP contribution in [0.3, 0.4) is 0 Å². The monoisotopic (exact) mass is 281 g/mol. The van der Waals surface area contributed by atoms with Crippen molar-refractivity contribution in [2.24, 2.45) is 0 Å². The van der Waals surface area contributed by atoms with Crippen LogP contribution in [0.25, 0.3) is 0 Å². The molecule has 2 aromatic rings. The van der Waals surface area contributed by atoms with Crippen molar-refractivity contribution in [1.29, 1.82) is 5.26 Å². The van der Waals surface area contributed by atoms with Gasteiger partial charge in [-0.2, -0.15) is 5.26 Å². The van der Waals surface area contributed by atoms with Gasteiger partial charge < -0.3 is 14.8 Å². The second-order valence-electron chi connectivity index (χ2n) is 4.36. The average Bonchev–Trinajstić information content (AvgIpc) is 2.55. The maximum atomic E-state index is 12.1. The van der Waals surface area contributed by atoms with Crippen molar-refractivity contribution in [2.45, 2.75) is 0 Å². The zero-order chi connectivity index (χ0) is 14.7. The number of fused-ring (bicyclic) bond motifs is 1.